The third-order valence-corrected chi connectivity index (χ3v) is 5.59. The van der Waals surface area contributed by atoms with Crippen LogP contribution in [0.4, 0.5) is 0 Å². The molecule has 1 aliphatic rings. The molecule has 2 rings (SSSR count). The summed E-state index contributed by atoms with van der Waals surface area (Å²) in [6, 6.07) is 10.0. The summed E-state index contributed by atoms with van der Waals surface area (Å²) in [6.07, 6.45) is 0. The highest BCUT2D eigenvalue weighted by Crippen LogP contribution is 2.14. The van der Waals surface area contributed by atoms with E-state index in [0.29, 0.717) is 12.3 Å². The molecule has 6 heteroatoms. The van der Waals surface area contributed by atoms with E-state index in [0.717, 1.165) is 42.6 Å². The number of amides is 1. The molecular weight excluding hydrogens is 326 g/mol. The lowest BCUT2D eigenvalue weighted by molar-refractivity contribution is -0.127. The first kappa shape index (κ1) is 18.2. The van der Waals surface area contributed by atoms with E-state index in [2.05, 4.69) is 16.7 Å². The number of hydrogen-bond acceptors (Lipinski definition) is 4. The second-order valence-corrected chi connectivity index (χ2v) is 7.32. The van der Waals surface area contributed by atoms with Gasteiger partial charge in [-0.2, -0.15) is 0 Å². The van der Waals surface area contributed by atoms with Crippen molar-refractivity contribution in [1.82, 2.24) is 14.7 Å². The quantitative estimate of drug-likeness (QED) is 0.759. The van der Waals surface area contributed by atoms with Crippen LogP contribution in [-0.2, 0) is 11.3 Å². The molecule has 4 nitrogen and oxygen atoms in total. The van der Waals surface area contributed by atoms with Gasteiger partial charge in [0.25, 0.3) is 0 Å². The summed E-state index contributed by atoms with van der Waals surface area (Å²) in [7, 11) is 1.85. The molecule has 126 valence electrons. The Balaban J connectivity index is 1.72. The first-order valence-corrected chi connectivity index (χ1v) is 9.41. The first-order chi connectivity index (χ1) is 11.1. The summed E-state index contributed by atoms with van der Waals surface area (Å²) >= 11 is 6.97. The van der Waals surface area contributed by atoms with Crippen molar-refractivity contribution < 1.29 is 4.79 Å². The number of rotatable bonds is 5. The Morgan fingerprint density at radius 3 is 2.48 bits per heavy atom. The van der Waals surface area contributed by atoms with Crippen LogP contribution < -0.4 is 0 Å². The number of thioether (sulfide) groups is 1. The maximum absolute atomic E-state index is 12.3. The fourth-order valence-corrected chi connectivity index (χ4v) is 3.71. The number of benzene rings is 1. The lowest BCUT2D eigenvalue weighted by atomic mass is 10.2. The number of carbonyl (C=O) groups is 1. The molecule has 0 aliphatic carbocycles. The lowest BCUT2D eigenvalue weighted by Gasteiger charge is -2.35. The Hall–Kier alpha value is -1.11. The molecule has 1 aromatic rings. The SMILES string of the molecule is CCN1CCN(C(=S)SCC(=O)N(C)Cc2ccccc2)CC1. The van der Waals surface area contributed by atoms with Crippen LogP contribution in [0.1, 0.15) is 12.5 Å². The maximum Gasteiger partial charge on any atom is 0.233 e. The van der Waals surface area contributed by atoms with Crippen LogP contribution >= 0.6 is 24.0 Å². The van der Waals surface area contributed by atoms with Crippen LogP contribution in [0.2, 0.25) is 0 Å². The molecule has 0 atom stereocenters. The standard InChI is InChI=1S/C17H25N3OS2/c1-3-19-9-11-20(12-10-19)17(22)23-14-16(21)18(2)13-15-7-5-4-6-8-15/h4-8H,3,9-14H2,1-2H3. The highest BCUT2D eigenvalue weighted by Gasteiger charge is 2.19. The molecule has 1 amide bonds. The highest BCUT2D eigenvalue weighted by molar-refractivity contribution is 8.23. The van der Waals surface area contributed by atoms with Gasteiger partial charge in [-0.25, -0.2) is 0 Å². The second kappa shape index (κ2) is 9.25. The van der Waals surface area contributed by atoms with E-state index in [4.69, 9.17) is 12.2 Å². The average Bonchev–Trinajstić information content (AvgIpc) is 2.60. The van der Waals surface area contributed by atoms with Crippen molar-refractivity contribution >= 4 is 34.2 Å². The molecule has 1 saturated heterocycles. The van der Waals surface area contributed by atoms with Crippen molar-refractivity contribution in [2.45, 2.75) is 13.5 Å². The van der Waals surface area contributed by atoms with Gasteiger partial charge in [0, 0.05) is 39.8 Å². The monoisotopic (exact) mass is 351 g/mol. The minimum Gasteiger partial charge on any atom is -0.355 e. The predicted octanol–water partition coefficient (Wildman–Crippen LogP) is 2.30. The number of piperazine rings is 1. The number of hydrogen-bond donors (Lipinski definition) is 0. The summed E-state index contributed by atoms with van der Waals surface area (Å²) < 4.78 is 0.849. The van der Waals surface area contributed by atoms with E-state index < -0.39 is 0 Å². The molecule has 0 spiro atoms. The van der Waals surface area contributed by atoms with Gasteiger partial charge in [-0.3, -0.25) is 4.79 Å². The largest absolute Gasteiger partial charge is 0.355 e. The minimum atomic E-state index is 0.119. The van der Waals surface area contributed by atoms with Crippen molar-refractivity contribution in [3.05, 3.63) is 35.9 Å². The summed E-state index contributed by atoms with van der Waals surface area (Å²) in [6.45, 7) is 7.96. The molecule has 0 unspecified atom stereocenters. The summed E-state index contributed by atoms with van der Waals surface area (Å²) in [5, 5.41) is 0. The number of carbonyl (C=O) groups excluding carboxylic acids is 1. The van der Waals surface area contributed by atoms with E-state index in [1.54, 1.807) is 4.90 Å². The van der Waals surface area contributed by atoms with Gasteiger partial charge >= 0.3 is 0 Å². The maximum atomic E-state index is 12.3. The fourth-order valence-electron chi connectivity index (χ4n) is 2.52. The van der Waals surface area contributed by atoms with Gasteiger partial charge in [0.15, 0.2) is 0 Å². The topological polar surface area (TPSA) is 26.8 Å². The van der Waals surface area contributed by atoms with Crippen LogP contribution in [0.15, 0.2) is 30.3 Å². The fraction of sp³-hybridized carbons (Fsp3) is 0.529. The van der Waals surface area contributed by atoms with Crippen LogP contribution in [0, 0.1) is 0 Å². The smallest absolute Gasteiger partial charge is 0.233 e. The zero-order chi connectivity index (χ0) is 16.7. The Morgan fingerprint density at radius 2 is 1.87 bits per heavy atom. The van der Waals surface area contributed by atoms with Gasteiger partial charge in [-0.1, -0.05) is 61.2 Å². The molecule has 0 bridgehead atoms. The third-order valence-electron chi connectivity index (χ3n) is 4.09. The molecule has 0 saturated carbocycles. The molecule has 0 radical (unpaired) electrons. The molecular formula is C17H25N3OS2. The molecule has 1 fully saturated rings. The minimum absolute atomic E-state index is 0.119. The molecule has 1 aromatic carbocycles. The molecule has 1 aliphatic heterocycles. The van der Waals surface area contributed by atoms with Gasteiger partial charge in [-0.05, 0) is 12.1 Å². The van der Waals surface area contributed by atoms with Gasteiger partial charge < -0.3 is 14.7 Å². The van der Waals surface area contributed by atoms with Gasteiger partial charge in [0.1, 0.15) is 4.32 Å². The van der Waals surface area contributed by atoms with Crippen LogP contribution in [0.5, 0.6) is 0 Å². The van der Waals surface area contributed by atoms with Crippen molar-refractivity contribution in [3.63, 3.8) is 0 Å². The third kappa shape index (κ3) is 5.79. The van der Waals surface area contributed by atoms with E-state index in [1.165, 1.54) is 11.8 Å². The van der Waals surface area contributed by atoms with Gasteiger partial charge in [0.05, 0.1) is 5.75 Å². The van der Waals surface area contributed by atoms with Gasteiger partial charge in [0.2, 0.25) is 5.91 Å². The van der Waals surface area contributed by atoms with Crippen molar-refractivity contribution in [1.29, 1.82) is 0 Å². The molecule has 1 heterocycles. The molecule has 0 aromatic heterocycles. The van der Waals surface area contributed by atoms with Crippen LogP contribution in [-0.4, -0.2) is 70.5 Å². The van der Waals surface area contributed by atoms with Crippen LogP contribution in [0.25, 0.3) is 0 Å². The summed E-state index contributed by atoms with van der Waals surface area (Å²) in [4.78, 5) is 18.7. The number of thiocarbonyl (C=S) groups is 1. The highest BCUT2D eigenvalue weighted by atomic mass is 32.2. The van der Waals surface area contributed by atoms with Crippen molar-refractivity contribution in [2.75, 3.05) is 45.5 Å². The summed E-state index contributed by atoms with van der Waals surface area (Å²) in [5.41, 5.74) is 1.15. The average molecular weight is 352 g/mol. The zero-order valence-electron chi connectivity index (χ0n) is 13.9. The number of likely N-dealkylation sites (N-methyl/N-ethyl adjacent to an activating group) is 1. The Bertz CT molecular complexity index is 516. The zero-order valence-corrected chi connectivity index (χ0v) is 15.5. The summed E-state index contributed by atoms with van der Waals surface area (Å²) in [5.74, 6) is 0.532. The van der Waals surface area contributed by atoms with E-state index in [-0.39, 0.29) is 5.91 Å². The van der Waals surface area contributed by atoms with Gasteiger partial charge in [-0.15, -0.1) is 0 Å². The van der Waals surface area contributed by atoms with Crippen molar-refractivity contribution in [3.8, 4) is 0 Å². The Labute approximate surface area is 148 Å². The lowest BCUT2D eigenvalue weighted by Crippen LogP contribution is -2.47. The van der Waals surface area contributed by atoms with Crippen LogP contribution in [0.3, 0.4) is 0 Å². The number of nitrogens with zero attached hydrogens (tertiary/aromatic N) is 3. The van der Waals surface area contributed by atoms with E-state index in [9.17, 15) is 4.79 Å². The predicted molar refractivity (Wildman–Crippen MR) is 102 cm³/mol. The second-order valence-electron chi connectivity index (χ2n) is 5.71. The Kier molecular flexibility index (Phi) is 7.33. The van der Waals surface area contributed by atoms with E-state index in [1.807, 2.05) is 37.4 Å². The molecule has 23 heavy (non-hydrogen) atoms. The molecule has 0 N–H and O–H groups in total. The van der Waals surface area contributed by atoms with E-state index >= 15 is 0 Å². The first-order valence-electron chi connectivity index (χ1n) is 8.02. The normalized spacial score (nSPS) is 15.5. The Morgan fingerprint density at radius 1 is 1.22 bits per heavy atom. The van der Waals surface area contributed by atoms with Crippen molar-refractivity contribution in [2.24, 2.45) is 0 Å².